The van der Waals surface area contributed by atoms with Crippen molar-refractivity contribution in [1.29, 1.82) is 0 Å². The third-order valence-corrected chi connectivity index (χ3v) is 4.03. The number of rotatable bonds is 5. The summed E-state index contributed by atoms with van der Waals surface area (Å²) < 4.78 is 28.1. The second kappa shape index (κ2) is 6.35. The molecule has 0 saturated heterocycles. The number of hydrogen-bond acceptors (Lipinski definition) is 2. The number of anilines is 1. The summed E-state index contributed by atoms with van der Waals surface area (Å²) in [6.45, 7) is 2.91. The van der Waals surface area contributed by atoms with Gasteiger partial charge in [-0.3, -0.25) is 0 Å². The maximum atomic E-state index is 14.0. The van der Waals surface area contributed by atoms with Crippen LogP contribution in [0.2, 0.25) is 0 Å². The minimum Gasteiger partial charge on any atom is -0.362 e. The van der Waals surface area contributed by atoms with E-state index in [-0.39, 0.29) is 11.6 Å². The Hall–Kier alpha value is -1.13. The first-order chi connectivity index (χ1) is 9.15. The molecule has 0 fully saturated rings. The highest BCUT2D eigenvalue weighted by Crippen LogP contribution is 2.27. The first kappa shape index (κ1) is 14.3. The van der Waals surface area contributed by atoms with Crippen LogP contribution in [-0.2, 0) is 12.4 Å². The van der Waals surface area contributed by atoms with E-state index < -0.39 is 11.6 Å². The maximum Gasteiger partial charge on any atom is 0.149 e. The number of thiophene rings is 1. The zero-order valence-electron chi connectivity index (χ0n) is 10.5. The molecule has 2 aromatic rings. The van der Waals surface area contributed by atoms with Crippen LogP contribution < -0.4 is 4.90 Å². The Morgan fingerprint density at radius 1 is 1.26 bits per heavy atom. The molecule has 0 atom stereocenters. The molecule has 0 N–H and O–H groups in total. The Kier molecular flexibility index (Phi) is 4.77. The Bertz CT molecular complexity index is 519. The summed E-state index contributed by atoms with van der Waals surface area (Å²) >= 11 is 7.18. The van der Waals surface area contributed by atoms with Crippen molar-refractivity contribution in [3.05, 3.63) is 51.7 Å². The van der Waals surface area contributed by atoms with E-state index in [2.05, 4.69) is 0 Å². The maximum absolute atomic E-state index is 14.0. The molecule has 0 aliphatic carbocycles. The first-order valence-electron chi connectivity index (χ1n) is 5.97. The molecule has 0 bridgehead atoms. The van der Waals surface area contributed by atoms with Gasteiger partial charge < -0.3 is 4.90 Å². The second-order valence-electron chi connectivity index (χ2n) is 4.14. The molecule has 0 radical (unpaired) electrons. The molecule has 1 nitrogen and oxygen atoms in total. The van der Waals surface area contributed by atoms with Crippen LogP contribution in [0.3, 0.4) is 0 Å². The van der Waals surface area contributed by atoms with Crippen molar-refractivity contribution in [1.82, 2.24) is 0 Å². The zero-order valence-corrected chi connectivity index (χ0v) is 12.1. The summed E-state index contributed by atoms with van der Waals surface area (Å²) in [5, 5.41) is 1.95. The van der Waals surface area contributed by atoms with E-state index in [1.165, 1.54) is 12.1 Å². The van der Waals surface area contributed by atoms with E-state index in [0.717, 1.165) is 4.88 Å². The second-order valence-corrected chi connectivity index (χ2v) is 5.43. The van der Waals surface area contributed by atoms with Crippen LogP contribution in [-0.4, -0.2) is 6.54 Å². The quantitative estimate of drug-likeness (QED) is 0.718. The van der Waals surface area contributed by atoms with Crippen molar-refractivity contribution in [2.24, 2.45) is 0 Å². The van der Waals surface area contributed by atoms with Crippen molar-refractivity contribution < 1.29 is 8.78 Å². The van der Waals surface area contributed by atoms with Crippen molar-refractivity contribution in [3.63, 3.8) is 0 Å². The minimum atomic E-state index is -0.561. The fourth-order valence-corrected chi connectivity index (χ4v) is 2.81. The lowest BCUT2D eigenvalue weighted by Gasteiger charge is -2.23. The van der Waals surface area contributed by atoms with Gasteiger partial charge in [-0.1, -0.05) is 6.07 Å². The SMILES string of the molecule is CCN(Cc1cccs1)c1c(F)cc(CCl)cc1F. The summed E-state index contributed by atoms with van der Waals surface area (Å²) in [5.41, 5.74) is 0.470. The molecule has 5 heteroatoms. The van der Waals surface area contributed by atoms with Crippen molar-refractivity contribution in [3.8, 4) is 0 Å². The summed E-state index contributed by atoms with van der Waals surface area (Å²) in [6, 6.07) is 6.47. The molecule has 0 saturated carbocycles. The molecule has 1 aromatic heterocycles. The van der Waals surface area contributed by atoms with Gasteiger partial charge in [0.05, 0.1) is 6.54 Å². The predicted octanol–water partition coefficient (Wildman–Crippen LogP) is 4.79. The molecule has 1 heterocycles. The summed E-state index contributed by atoms with van der Waals surface area (Å²) in [6.07, 6.45) is 0. The van der Waals surface area contributed by atoms with Crippen molar-refractivity contribution in [2.45, 2.75) is 19.3 Å². The average molecular weight is 302 g/mol. The summed E-state index contributed by atoms with van der Waals surface area (Å²) in [4.78, 5) is 2.76. The minimum absolute atomic E-state index is 0.0183. The Balaban J connectivity index is 2.32. The molecule has 102 valence electrons. The van der Waals surface area contributed by atoms with Crippen LogP contribution in [0.5, 0.6) is 0 Å². The molecular weight excluding hydrogens is 288 g/mol. The number of benzene rings is 1. The Labute approximate surface area is 120 Å². The standard InChI is InChI=1S/C14H14ClF2NS/c1-2-18(9-11-4-3-5-19-11)14-12(16)6-10(8-15)7-13(14)17/h3-7H,2,8-9H2,1H3. The largest absolute Gasteiger partial charge is 0.362 e. The van der Waals surface area contributed by atoms with Crippen LogP contribution in [0.15, 0.2) is 29.6 Å². The van der Waals surface area contributed by atoms with Crippen LogP contribution >= 0.6 is 22.9 Å². The topological polar surface area (TPSA) is 3.24 Å². The van der Waals surface area contributed by atoms with Gasteiger partial charge in [-0.2, -0.15) is 0 Å². The molecule has 0 unspecified atom stereocenters. The smallest absolute Gasteiger partial charge is 0.149 e. The Morgan fingerprint density at radius 2 is 1.95 bits per heavy atom. The Morgan fingerprint density at radius 3 is 2.42 bits per heavy atom. The van der Waals surface area contributed by atoms with E-state index in [9.17, 15) is 8.78 Å². The molecule has 0 aliphatic heterocycles. The highest BCUT2D eigenvalue weighted by Gasteiger charge is 2.17. The molecule has 19 heavy (non-hydrogen) atoms. The van der Waals surface area contributed by atoms with E-state index >= 15 is 0 Å². The highest BCUT2D eigenvalue weighted by atomic mass is 35.5. The van der Waals surface area contributed by atoms with Crippen LogP contribution in [0.1, 0.15) is 17.4 Å². The molecule has 0 aliphatic rings. The van der Waals surface area contributed by atoms with E-state index in [0.29, 0.717) is 18.7 Å². The van der Waals surface area contributed by atoms with Gasteiger partial charge in [0.2, 0.25) is 0 Å². The van der Waals surface area contributed by atoms with Crippen molar-refractivity contribution in [2.75, 3.05) is 11.4 Å². The van der Waals surface area contributed by atoms with Crippen LogP contribution in [0, 0.1) is 11.6 Å². The van der Waals surface area contributed by atoms with E-state index in [1.807, 2.05) is 24.4 Å². The monoisotopic (exact) mass is 301 g/mol. The molecule has 1 aromatic carbocycles. The fraction of sp³-hybridized carbons (Fsp3) is 0.286. The third kappa shape index (κ3) is 3.25. The highest BCUT2D eigenvalue weighted by molar-refractivity contribution is 7.09. The lowest BCUT2D eigenvalue weighted by atomic mass is 10.2. The molecule has 2 rings (SSSR count). The number of alkyl halides is 1. The van der Waals surface area contributed by atoms with Crippen LogP contribution in [0.25, 0.3) is 0 Å². The normalized spacial score (nSPS) is 10.7. The lowest BCUT2D eigenvalue weighted by molar-refractivity contribution is 0.570. The number of hydrogen-bond donors (Lipinski definition) is 0. The van der Waals surface area contributed by atoms with Crippen molar-refractivity contribution >= 4 is 28.6 Å². The predicted molar refractivity (Wildman–Crippen MR) is 77.0 cm³/mol. The third-order valence-electron chi connectivity index (χ3n) is 2.86. The van der Waals surface area contributed by atoms with Gasteiger partial charge in [0, 0.05) is 17.3 Å². The van der Waals surface area contributed by atoms with Gasteiger partial charge in [0.15, 0.2) is 0 Å². The summed E-state index contributed by atoms with van der Waals surface area (Å²) in [7, 11) is 0. The van der Waals surface area contributed by atoms with Gasteiger partial charge in [0.1, 0.15) is 17.3 Å². The van der Waals surface area contributed by atoms with Crippen LogP contribution in [0.4, 0.5) is 14.5 Å². The molecule has 0 amide bonds. The van der Waals surface area contributed by atoms with E-state index in [1.54, 1.807) is 16.2 Å². The number of nitrogens with zero attached hydrogens (tertiary/aromatic N) is 1. The number of halogens is 3. The van der Waals surface area contributed by atoms with Gasteiger partial charge in [-0.05, 0) is 36.1 Å². The lowest BCUT2D eigenvalue weighted by Crippen LogP contribution is -2.24. The average Bonchev–Trinajstić information content (AvgIpc) is 2.89. The van der Waals surface area contributed by atoms with Gasteiger partial charge in [-0.15, -0.1) is 22.9 Å². The first-order valence-corrected chi connectivity index (χ1v) is 7.38. The summed E-state index contributed by atoms with van der Waals surface area (Å²) in [5.74, 6) is -1.02. The molecular formula is C14H14ClF2NS. The zero-order chi connectivity index (χ0) is 13.8. The van der Waals surface area contributed by atoms with Gasteiger partial charge >= 0.3 is 0 Å². The van der Waals surface area contributed by atoms with Gasteiger partial charge in [-0.25, -0.2) is 8.78 Å². The van der Waals surface area contributed by atoms with E-state index in [4.69, 9.17) is 11.6 Å². The van der Waals surface area contributed by atoms with Gasteiger partial charge in [0.25, 0.3) is 0 Å². The molecule has 0 spiro atoms. The fourth-order valence-electron chi connectivity index (χ4n) is 1.94.